The molecule has 2 atom stereocenters. The maximum atomic E-state index is 13.5. The maximum Gasteiger partial charge on any atom is 0.320 e. The quantitative estimate of drug-likeness (QED) is 0.769. The summed E-state index contributed by atoms with van der Waals surface area (Å²) in [6.45, 7) is 5.62. The molecule has 6 heteroatoms. The molecule has 0 saturated carbocycles. The van der Waals surface area contributed by atoms with Gasteiger partial charge in [-0.25, -0.2) is 4.39 Å². The number of carboxylic acid groups (broad SMARTS) is 1. The third kappa shape index (κ3) is 4.62. The molecule has 0 radical (unpaired) electrons. The number of benzene rings is 1. The number of carbonyl (C=O) groups is 1. The van der Waals surface area contributed by atoms with Crippen LogP contribution in [0.1, 0.15) is 38.8 Å². The lowest BCUT2D eigenvalue weighted by molar-refractivity contribution is -0.140. The van der Waals surface area contributed by atoms with Gasteiger partial charge in [0.1, 0.15) is 11.9 Å². The van der Waals surface area contributed by atoms with Crippen molar-refractivity contribution in [1.82, 2.24) is 5.32 Å². The second-order valence-corrected chi connectivity index (χ2v) is 6.01. The molecular weight excluding hydrogens is 304 g/mol. The fraction of sp³-hybridized carbons (Fsp3) is 0.500. The summed E-state index contributed by atoms with van der Waals surface area (Å²) in [5.41, 5.74) is 0.489. The zero-order chi connectivity index (χ0) is 15.4. The van der Waals surface area contributed by atoms with Gasteiger partial charge in [0, 0.05) is 11.1 Å². The van der Waals surface area contributed by atoms with Crippen LogP contribution in [0.25, 0.3) is 0 Å². The summed E-state index contributed by atoms with van der Waals surface area (Å²) in [4.78, 5) is 11.2. The van der Waals surface area contributed by atoms with Crippen LogP contribution in [0.2, 0.25) is 10.0 Å². The Morgan fingerprint density at radius 1 is 1.30 bits per heavy atom. The van der Waals surface area contributed by atoms with Gasteiger partial charge in [0.15, 0.2) is 0 Å². The molecule has 0 amide bonds. The summed E-state index contributed by atoms with van der Waals surface area (Å²) >= 11 is 11.7. The predicted octanol–water partition coefficient (Wildman–Crippen LogP) is 4.28. The number of hydrogen-bond donors (Lipinski definition) is 2. The van der Waals surface area contributed by atoms with Crippen LogP contribution in [0.5, 0.6) is 0 Å². The smallest absolute Gasteiger partial charge is 0.320 e. The van der Waals surface area contributed by atoms with E-state index in [1.165, 1.54) is 12.1 Å². The normalized spacial score (nSPS) is 14.3. The van der Waals surface area contributed by atoms with Crippen molar-refractivity contribution < 1.29 is 14.3 Å². The Kier molecular flexibility index (Phi) is 6.24. The lowest BCUT2D eigenvalue weighted by atomic mass is 10.0. The summed E-state index contributed by atoms with van der Waals surface area (Å²) in [6, 6.07) is 1.45. The van der Waals surface area contributed by atoms with Gasteiger partial charge in [-0.05, 0) is 37.0 Å². The van der Waals surface area contributed by atoms with Gasteiger partial charge >= 0.3 is 5.97 Å². The molecule has 0 aliphatic carbocycles. The SMILES string of the molecule is CC(C)CC(NC(C)c1cc(F)c(Cl)cc1Cl)C(=O)O. The van der Waals surface area contributed by atoms with E-state index in [0.29, 0.717) is 17.0 Å². The molecule has 0 spiro atoms. The zero-order valence-corrected chi connectivity index (χ0v) is 13.1. The molecule has 0 saturated heterocycles. The molecule has 0 aliphatic heterocycles. The second kappa shape index (κ2) is 7.25. The predicted molar refractivity (Wildman–Crippen MR) is 78.8 cm³/mol. The van der Waals surface area contributed by atoms with Gasteiger partial charge in [-0.15, -0.1) is 0 Å². The van der Waals surface area contributed by atoms with Crippen molar-refractivity contribution in [3.05, 3.63) is 33.6 Å². The zero-order valence-electron chi connectivity index (χ0n) is 11.6. The standard InChI is InChI=1S/C14H18Cl2FNO2/c1-7(2)4-13(14(19)20)18-8(3)9-5-12(17)11(16)6-10(9)15/h5-8,13,18H,4H2,1-3H3,(H,19,20). The third-order valence-corrected chi connectivity index (χ3v) is 3.58. The monoisotopic (exact) mass is 321 g/mol. The van der Waals surface area contributed by atoms with Crippen LogP contribution in [0.4, 0.5) is 4.39 Å². The molecule has 1 aromatic carbocycles. The van der Waals surface area contributed by atoms with Crippen LogP contribution < -0.4 is 5.32 Å². The van der Waals surface area contributed by atoms with Crippen molar-refractivity contribution in [1.29, 1.82) is 0 Å². The van der Waals surface area contributed by atoms with E-state index in [0.717, 1.165) is 0 Å². The molecule has 0 aliphatic rings. The first-order chi connectivity index (χ1) is 9.22. The van der Waals surface area contributed by atoms with E-state index in [1.807, 2.05) is 13.8 Å². The van der Waals surface area contributed by atoms with E-state index in [-0.39, 0.29) is 10.9 Å². The highest BCUT2D eigenvalue weighted by Crippen LogP contribution is 2.29. The number of halogens is 3. The number of nitrogens with one attached hydrogen (secondary N) is 1. The van der Waals surface area contributed by atoms with Crippen LogP contribution in [-0.4, -0.2) is 17.1 Å². The number of carboxylic acids is 1. The van der Waals surface area contributed by atoms with Crippen LogP contribution in [0, 0.1) is 11.7 Å². The topological polar surface area (TPSA) is 49.3 Å². The van der Waals surface area contributed by atoms with Crippen molar-refractivity contribution in [2.75, 3.05) is 0 Å². The van der Waals surface area contributed by atoms with Crippen LogP contribution in [-0.2, 0) is 4.79 Å². The Morgan fingerprint density at radius 3 is 2.40 bits per heavy atom. The van der Waals surface area contributed by atoms with Crippen molar-refractivity contribution in [2.45, 2.75) is 39.3 Å². The summed E-state index contributed by atoms with van der Waals surface area (Å²) in [6.07, 6.45) is 0.480. The Labute approximate surface area is 128 Å². The van der Waals surface area contributed by atoms with Crippen molar-refractivity contribution >= 4 is 29.2 Å². The Hall–Kier alpha value is -0.840. The van der Waals surface area contributed by atoms with Crippen molar-refractivity contribution in [2.24, 2.45) is 5.92 Å². The molecule has 0 heterocycles. The minimum absolute atomic E-state index is 0.0529. The van der Waals surface area contributed by atoms with Gasteiger partial charge in [-0.3, -0.25) is 10.1 Å². The number of hydrogen-bond acceptors (Lipinski definition) is 2. The van der Waals surface area contributed by atoms with E-state index in [4.69, 9.17) is 23.2 Å². The second-order valence-electron chi connectivity index (χ2n) is 5.20. The molecule has 0 bridgehead atoms. The largest absolute Gasteiger partial charge is 0.480 e. The average Bonchev–Trinajstić information content (AvgIpc) is 2.32. The molecule has 1 rings (SSSR count). The first-order valence-corrected chi connectivity index (χ1v) is 7.11. The molecule has 20 heavy (non-hydrogen) atoms. The number of aliphatic carboxylic acids is 1. The molecule has 0 fully saturated rings. The van der Waals surface area contributed by atoms with Gasteiger partial charge in [-0.2, -0.15) is 0 Å². The number of rotatable bonds is 6. The minimum Gasteiger partial charge on any atom is -0.480 e. The van der Waals surface area contributed by atoms with E-state index in [2.05, 4.69) is 5.32 Å². The van der Waals surface area contributed by atoms with Gasteiger partial charge in [0.2, 0.25) is 0 Å². The van der Waals surface area contributed by atoms with Crippen molar-refractivity contribution in [3.8, 4) is 0 Å². The molecule has 3 nitrogen and oxygen atoms in total. The van der Waals surface area contributed by atoms with E-state index in [9.17, 15) is 14.3 Å². The Balaban J connectivity index is 2.91. The fourth-order valence-electron chi connectivity index (χ4n) is 1.97. The molecule has 112 valence electrons. The van der Waals surface area contributed by atoms with Crippen LogP contribution >= 0.6 is 23.2 Å². The van der Waals surface area contributed by atoms with Crippen LogP contribution in [0.15, 0.2) is 12.1 Å². The Morgan fingerprint density at radius 2 is 1.90 bits per heavy atom. The van der Waals surface area contributed by atoms with Crippen LogP contribution in [0.3, 0.4) is 0 Å². The highest BCUT2D eigenvalue weighted by Gasteiger charge is 2.23. The molecule has 2 unspecified atom stereocenters. The van der Waals surface area contributed by atoms with Gasteiger partial charge in [0.25, 0.3) is 0 Å². The van der Waals surface area contributed by atoms with Gasteiger partial charge < -0.3 is 5.11 Å². The van der Waals surface area contributed by atoms with Gasteiger partial charge in [0.05, 0.1) is 5.02 Å². The first kappa shape index (κ1) is 17.2. The van der Waals surface area contributed by atoms with E-state index in [1.54, 1.807) is 6.92 Å². The highest BCUT2D eigenvalue weighted by molar-refractivity contribution is 6.35. The average molecular weight is 322 g/mol. The fourth-order valence-corrected chi connectivity index (χ4v) is 2.52. The summed E-state index contributed by atoms with van der Waals surface area (Å²) in [5.74, 6) is -1.28. The Bertz CT molecular complexity index is 494. The van der Waals surface area contributed by atoms with Crippen molar-refractivity contribution in [3.63, 3.8) is 0 Å². The first-order valence-electron chi connectivity index (χ1n) is 6.35. The maximum absolute atomic E-state index is 13.5. The minimum atomic E-state index is -0.934. The summed E-state index contributed by atoms with van der Waals surface area (Å²) in [5, 5.41) is 12.4. The molecular formula is C14H18Cl2FNO2. The summed E-state index contributed by atoms with van der Waals surface area (Å²) < 4.78 is 13.5. The molecule has 2 N–H and O–H groups in total. The molecule has 0 aromatic heterocycles. The third-order valence-electron chi connectivity index (χ3n) is 2.96. The lowest BCUT2D eigenvalue weighted by Gasteiger charge is -2.22. The highest BCUT2D eigenvalue weighted by atomic mass is 35.5. The van der Waals surface area contributed by atoms with E-state index >= 15 is 0 Å². The van der Waals surface area contributed by atoms with Gasteiger partial charge in [-0.1, -0.05) is 37.0 Å². The lowest BCUT2D eigenvalue weighted by Crippen LogP contribution is -2.39. The summed E-state index contributed by atoms with van der Waals surface area (Å²) in [7, 11) is 0. The van der Waals surface area contributed by atoms with E-state index < -0.39 is 23.9 Å². The molecule has 1 aromatic rings.